The van der Waals surface area contributed by atoms with Crippen molar-refractivity contribution >= 4 is 39.7 Å². The number of carbonyl (C=O) groups is 2. The van der Waals surface area contributed by atoms with E-state index >= 15 is 0 Å². The number of benzene rings is 1. The van der Waals surface area contributed by atoms with Crippen LogP contribution in [0, 0.1) is 0 Å². The fourth-order valence-corrected chi connectivity index (χ4v) is 3.49. The van der Waals surface area contributed by atoms with Crippen molar-refractivity contribution in [2.24, 2.45) is 0 Å². The van der Waals surface area contributed by atoms with Gasteiger partial charge in [0.15, 0.2) is 0 Å². The summed E-state index contributed by atoms with van der Waals surface area (Å²) in [7, 11) is 0. The number of rotatable bonds is 9. The third-order valence-corrected chi connectivity index (χ3v) is 5.40. The summed E-state index contributed by atoms with van der Waals surface area (Å²) < 4.78 is 6.53. The van der Waals surface area contributed by atoms with Crippen molar-refractivity contribution in [2.75, 3.05) is 18.8 Å². The zero-order valence-electron chi connectivity index (χ0n) is 17.6. The maximum Gasteiger partial charge on any atom is 0.410 e. The molecular formula is C22H28BrN3O3S. The molecule has 0 saturated carbocycles. The standard InChI is InChI=1S/C22H28BrN3O3S/c1-22(2,3)29-21(28)26(15-17-6-4-11-24-14-17)13-5-12-25-20(27)16-30-19-9-7-18(23)8-10-19/h4,6-11,14H,5,12-13,15-16H2,1-3H3,(H,25,27). The zero-order valence-corrected chi connectivity index (χ0v) is 20.0. The topological polar surface area (TPSA) is 71.5 Å². The predicted octanol–water partition coefficient (Wildman–Crippen LogP) is 4.88. The van der Waals surface area contributed by atoms with Crippen molar-refractivity contribution in [1.29, 1.82) is 0 Å². The molecule has 0 aliphatic rings. The second-order valence-corrected chi connectivity index (χ2v) is 9.67. The van der Waals surface area contributed by atoms with E-state index in [1.165, 1.54) is 11.8 Å². The van der Waals surface area contributed by atoms with Gasteiger partial charge in [0.05, 0.1) is 12.3 Å². The van der Waals surface area contributed by atoms with E-state index in [0.717, 1.165) is 14.9 Å². The molecule has 0 aliphatic carbocycles. The van der Waals surface area contributed by atoms with Gasteiger partial charge in [-0.25, -0.2) is 4.79 Å². The number of amides is 2. The van der Waals surface area contributed by atoms with Gasteiger partial charge >= 0.3 is 6.09 Å². The van der Waals surface area contributed by atoms with Crippen LogP contribution >= 0.6 is 27.7 Å². The molecule has 1 aromatic carbocycles. The van der Waals surface area contributed by atoms with Crippen molar-refractivity contribution in [2.45, 2.75) is 44.2 Å². The molecule has 2 rings (SSSR count). The van der Waals surface area contributed by atoms with Gasteiger partial charge in [0.1, 0.15) is 5.60 Å². The first-order valence-corrected chi connectivity index (χ1v) is 11.5. The van der Waals surface area contributed by atoms with E-state index in [-0.39, 0.29) is 12.0 Å². The molecule has 0 spiro atoms. The molecule has 0 fully saturated rings. The van der Waals surface area contributed by atoms with E-state index in [1.54, 1.807) is 17.3 Å². The van der Waals surface area contributed by atoms with Crippen LogP contribution < -0.4 is 5.32 Å². The van der Waals surface area contributed by atoms with Crippen LogP contribution in [0.3, 0.4) is 0 Å². The van der Waals surface area contributed by atoms with E-state index in [0.29, 0.717) is 31.8 Å². The third-order valence-electron chi connectivity index (χ3n) is 3.86. The summed E-state index contributed by atoms with van der Waals surface area (Å²) in [4.78, 5) is 31.4. The highest BCUT2D eigenvalue weighted by atomic mass is 79.9. The SMILES string of the molecule is CC(C)(C)OC(=O)N(CCCNC(=O)CSc1ccc(Br)cc1)Cc1cccnc1. The van der Waals surface area contributed by atoms with Gasteiger partial charge in [-0.1, -0.05) is 22.0 Å². The molecule has 6 nitrogen and oxygen atoms in total. The third kappa shape index (κ3) is 9.63. The average Bonchev–Trinajstić information content (AvgIpc) is 2.69. The van der Waals surface area contributed by atoms with Gasteiger partial charge < -0.3 is 15.0 Å². The summed E-state index contributed by atoms with van der Waals surface area (Å²) in [5, 5.41) is 2.91. The molecule has 2 aromatic rings. The van der Waals surface area contributed by atoms with Crippen molar-refractivity contribution < 1.29 is 14.3 Å². The van der Waals surface area contributed by atoms with Crippen LogP contribution in [0.5, 0.6) is 0 Å². The van der Waals surface area contributed by atoms with E-state index < -0.39 is 5.60 Å². The van der Waals surface area contributed by atoms with Gasteiger partial charge in [-0.15, -0.1) is 11.8 Å². The molecule has 0 unspecified atom stereocenters. The van der Waals surface area contributed by atoms with Crippen molar-refractivity contribution in [3.8, 4) is 0 Å². The first-order chi connectivity index (χ1) is 14.2. The largest absolute Gasteiger partial charge is 0.444 e. The van der Waals surface area contributed by atoms with Crippen LogP contribution in [0.15, 0.2) is 58.2 Å². The van der Waals surface area contributed by atoms with Crippen molar-refractivity contribution in [3.63, 3.8) is 0 Å². The molecule has 162 valence electrons. The smallest absolute Gasteiger partial charge is 0.410 e. The summed E-state index contributed by atoms with van der Waals surface area (Å²) in [6, 6.07) is 11.6. The molecule has 1 aromatic heterocycles. The van der Waals surface area contributed by atoms with E-state index in [2.05, 4.69) is 26.2 Å². The van der Waals surface area contributed by atoms with Crippen molar-refractivity contribution in [3.05, 3.63) is 58.8 Å². The quantitative estimate of drug-likeness (QED) is 0.398. The Labute approximate surface area is 190 Å². The number of hydrogen-bond acceptors (Lipinski definition) is 5. The summed E-state index contributed by atoms with van der Waals surface area (Å²) in [5.41, 5.74) is 0.362. The lowest BCUT2D eigenvalue weighted by Gasteiger charge is -2.27. The van der Waals surface area contributed by atoms with E-state index in [4.69, 9.17) is 4.74 Å². The van der Waals surface area contributed by atoms with Crippen LogP contribution in [0.25, 0.3) is 0 Å². The number of nitrogens with zero attached hydrogens (tertiary/aromatic N) is 2. The fourth-order valence-electron chi connectivity index (χ4n) is 2.50. The normalized spacial score (nSPS) is 11.1. The number of nitrogens with one attached hydrogen (secondary N) is 1. The minimum atomic E-state index is -0.567. The number of aromatic nitrogens is 1. The highest BCUT2D eigenvalue weighted by Crippen LogP contribution is 2.20. The van der Waals surface area contributed by atoms with Gasteiger partial charge in [0.25, 0.3) is 0 Å². The Balaban J connectivity index is 1.78. The second-order valence-electron chi connectivity index (χ2n) is 7.71. The van der Waals surface area contributed by atoms with Crippen molar-refractivity contribution in [1.82, 2.24) is 15.2 Å². The lowest BCUT2D eigenvalue weighted by atomic mass is 10.2. The first kappa shape index (κ1) is 24.2. The first-order valence-electron chi connectivity index (χ1n) is 9.75. The van der Waals surface area contributed by atoms with Crippen LogP contribution in [0.1, 0.15) is 32.8 Å². The van der Waals surface area contributed by atoms with E-state index in [9.17, 15) is 9.59 Å². The Morgan fingerprint density at radius 3 is 2.57 bits per heavy atom. The summed E-state index contributed by atoms with van der Waals surface area (Å²) in [5.74, 6) is 0.326. The molecule has 1 heterocycles. The molecule has 2 amide bonds. The van der Waals surface area contributed by atoms with Gasteiger partial charge in [0, 0.05) is 34.9 Å². The number of carbonyl (C=O) groups excluding carboxylic acids is 2. The highest BCUT2D eigenvalue weighted by Gasteiger charge is 2.22. The molecule has 0 aliphatic heterocycles. The van der Waals surface area contributed by atoms with E-state index in [1.807, 2.05) is 57.2 Å². The van der Waals surface area contributed by atoms with Crippen LogP contribution in [-0.2, 0) is 16.1 Å². The second kappa shape index (κ2) is 12.0. The number of thioether (sulfide) groups is 1. The van der Waals surface area contributed by atoms with Gasteiger partial charge in [-0.2, -0.15) is 0 Å². The molecule has 1 N–H and O–H groups in total. The maximum atomic E-state index is 12.6. The highest BCUT2D eigenvalue weighted by molar-refractivity contribution is 9.10. The Kier molecular flexibility index (Phi) is 9.65. The van der Waals surface area contributed by atoms with Crippen LogP contribution in [0.4, 0.5) is 4.79 Å². The molecule has 0 atom stereocenters. The maximum absolute atomic E-state index is 12.6. The lowest BCUT2D eigenvalue weighted by molar-refractivity contribution is -0.118. The molecule has 30 heavy (non-hydrogen) atoms. The minimum Gasteiger partial charge on any atom is -0.444 e. The minimum absolute atomic E-state index is 0.0287. The van der Waals surface area contributed by atoms with Crippen LogP contribution in [0.2, 0.25) is 0 Å². The number of hydrogen-bond donors (Lipinski definition) is 1. The predicted molar refractivity (Wildman–Crippen MR) is 123 cm³/mol. The molecule has 8 heteroatoms. The fraction of sp³-hybridized carbons (Fsp3) is 0.409. The van der Waals surface area contributed by atoms with Gasteiger partial charge in [-0.05, 0) is 63.1 Å². The molecule has 0 radical (unpaired) electrons. The summed E-state index contributed by atoms with van der Waals surface area (Å²) >= 11 is 4.89. The molecular weight excluding hydrogens is 466 g/mol. The lowest BCUT2D eigenvalue weighted by Crippen LogP contribution is -2.38. The Bertz CT molecular complexity index is 811. The monoisotopic (exact) mass is 493 g/mol. The average molecular weight is 494 g/mol. The van der Waals surface area contributed by atoms with Gasteiger partial charge in [-0.3, -0.25) is 9.78 Å². The summed E-state index contributed by atoms with van der Waals surface area (Å²) in [6.45, 7) is 6.91. The van der Waals surface area contributed by atoms with Gasteiger partial charge in [0.2, 0.25) is 5.91 Å². The Hall–Kier alpha value is -2.06. The Morgan fingerprint density at radius 2 is 1.93 bits per heavy atom. The number of halogens is 1. The molecule has 0 bridgehead atoms. The molecule has 0 saturated heterocycles. The number of pyridine rings is 1. The zero-order chi connectivity index (χ0) is 22.0. The Morgan fingerprint density at radius 1 is 1.20 bits per heavy atom. The van der Waals surface area contributed by atoms with Crippen LogP contribution in [-0.4, -0.2) is 46.3 Å². The number of ether oxygens (including phenoxy) is 1. The summed E-state index contributed by atoms with van der Waals surface area (Å²) in [6.07, 6.45) is 3.69.